The van der Waals surface area contributed by atoms with Crippen LogP contribution in [0.2, 0.25) is 0 Å². The first kappa shape index (κ1) is 16.0. The van der Waals surface area contributed by atoms with Gasteiger partial charge in [-0.05, 0) is 24.8 Å². The summed E-state index contributed by atoms with van der Waals surface area (Å²) in [6, 6.07) is 0.265. The van der Waals surface area contributed by atoms with Crippen LogP contribution in [0.3, 0.4) is 0 Å². The maximum Gasteiger partial charge on any atom is 0.246 e. The Kier molecular flexibility index (Phi) is 4.71. The van der Waals surface area contributed by atoms with Crippen molar-refractivity contribution in [2.75, 3.05) is 33.4 Å². The van der Waals surface area contributed by atoms with E-state index in [0.717, 1.165) is 32.6 Å². The van der Waals surface area contributed by atoms with Gasteiger partial charge in [-0.25, -0.2) is 0 Å². The number of amides is 2. The van der Waals surface area contributed by atoms with Crippen molar-refractivity contribution in [1.29, 1.82) is 0 Å². The molecule has 21 heavy (non-hydrogen) atoms. The lowest BCUT2D eigenvalue weighted by Crippen LogP contribution is -2.70. The lowest BCUT2D eigenvalue weighted by Gasteiger charge is -2.61. The molecule has 0 radical (unpaired) electrons. The predicted molar refractivity (Wildman–Crippen MR) is 80.7 cm³/mol. The molecule has 0 aromatic carbocycles. The molecule has 0 aromatic rings. The fraction of sp³-hybridized carbons (Fsp3) is 0.750. The molecule has 2 aliphatic heterocycles. The van der Waals surface area contributed by atoms with Crippen molar-refractivity contribution in [3.63, 3.8) is 0 Å². The van der Waals surface area contributed by atoms with Crippen molar-refractivity contribution in [3.8, 4) is 0 Å². The third kappa shape index (κ3) is 2.98. The number of rotatable bonds is 4. The molecule has 0 aliphatic carbocycles. The normalized spacial score (nSPS) is 23.8. The maximum atomic E-state index is 12.5. The van der Waals surface area contributed by atoms with E-state index in [0.29, 0.717) is 5.92 Å². The molecule has 5 heteroatoms. The molecule has 2 fully saturated rings. The number of carbonyl (C=O) groups is 2. The lowest BCUT2D eigenvalue weighted by atomic mass is 9.62. The van der Waals surface area contributed by atoms with Crippen LogP contribution in [0, 0.1) is 11.3 Å². The summed E-state index contributed by atoms with van der Waals surface area (Å²) < 4.78 is 5.47. The quantitative estimate of drug-likeness (QED) is 0.734. The van der Waals surface area contributed by atoms with Gasteiger partial charge in [0.25, 0.3) is 0 Å². The third-order valence-corrected chi connectivity index (χ3v) is 4.81. The van der Waals surface area contributed by atoms with Crippen LogP contribution >= 0.6 is 0 Å². The molecule has 0 aromatic heterocycles. The first-order valence-corrected chi connectivity index (χ1v) is 7.66. The second-order valence-corrected chi connectivity index (χ2v) is 6.58. The van der Waals surface area contributed by atoms with Crippen LogP contribution in [0.4, 0.5) is 0 Å². The summed E-state index contributed by atoms with van der Waals surface area (Å²) in [5.74, 6) is 0.232. The number of ether oxygens (including phenoxy) is 1. The number of hydrogen-bond donors (Lipinski definition) is 0. The Bertz CT molecular complexity index is 427. The Morgan fingerprint density at radius 3 is 2.57 bits per heavy atom. The van der Waals surface area contributed by atoms with Gasteiger partial charge in [0.15, 0.2) is 0 Å². The van der Waals surface area contributed by atoms with Crippen LogP contribution in [0.25, 0.3) is 0 Å². The van der Waals surface area contributed by atoms with E-state index in [-0.39, 0.29) is 29.8 Å². The van der Waals surface area contributed by atoms with Crippen LogP contribution in [0.15, 0.2) is 12.7 Å². The number of likely N-dealkylation sites (tertiary alicyclic amines) is 1. The zero-order chi connectivity index (χ0) is 15.6. The van der Waals surface area contributed by atoms with E-state index in [4.69, 9.17) is 4.74 Å². The topological polar surface area (TPSA) is 49.9 Å². The first-order valence-electron chi connectivity index (χ1n) is 7.66. The third-order valence-electron chi connectivity index (χ3n) is 4.81. The Morgan fingerprint density at radius 1 is 1.43 bits per heavy atom. The molecule has 2 rings (SSSR count). The van der Waals surface area contributed by atoms with E-state index >= 15 is 0 Å². The van der Waals surface area contributed by atoms with Gasteiger partial charge in [0.2, 0.25) is 11.8 Å². The van der Waals surface area contributed by atoms with Crippen molar-refractivity contribution in [3.05, 3.63) is 12.7 Å². The largest absolute Gasteiger partial charge is 0.381 e. The molecule has 2 amide bonds. The van der Waals surface area contributed by atoms with Gasteiger partial charge in [-0.15, -0.1) is 0 Å². The van der Waals surface area contributed by atoms with Gasteiger partial charge in [-0.3, -0.25) is 9.59 Å². The van der Waals surface area contributed by atoms with E-state index in [9.17, 15) is 9.59 Å². The molecular weight excluding hydrogens is 268 g/mol. The fourth-order valence-corrected chi connectivity index (χ4v) is 3.82. The smallest absolute Gasteiger partial charge is 0.246 e. The molecule has 0 saturated carbocycles. The summed E-state index contributed by atoms with van der Waals surface area (Å²) in [6.45, 7) is 10.3. The van der Waals surface area contributed by atoms with E-state index < -0.39 is 0 Å². The molecule has 118 valence electrons. The number of nitrogens with zero attached hydrogens (tertiary/aromatic N) is 2. The minimum atomic E-state index is -0.217. The van der Waals surface area contributed by atoms with E-state index in [1.54, 1.807) is 7.05 Å². The lowest BCUT2D eigenvalue weighted by molar-refractivity contribution is -0.176. The highest BCUT2D eigenvalue weighted by molar-refractivity contribution is 5.91. The first-order chi connectivity index (χ1) is 9.91. The van der Waals surface area contributed by atoms with Gasteiger partial charge in [0, 0.05) is 38.3 Å². The monoisotopic (exact) mass is 294 g/mol. The van der Waals surface area contributed by atoms with Gasteiger partial charge in [-0.1, -0.05) is 20.4 Å². The summed E-state index contributed by atoms with van der Waals surface area (Å²) in [7, 11) is 1.64. The minimum Gasteiger partial charge on any atom is -0.381 e. The van der Waals surface area contributed by atoms with Crippen LogP contribution < -0.4 is 0 Å². The molecule has 1 spiro atoms. The van der Waals surface area contributed by atoms with Crippen LogP contribution in [0.5, 0.6) is 0 Å². The van der Waals surface area contributed by atoms with Gasteiger partial charge >= 0.3 is 0 Å². The summed E-state index contributed by atoms with van der Waals surface area (Å²) in [6.07, 6.45) is 3.30. The molecule has 5 nitrogen and oxygen atoms in total. The summed E-state index contributed by atoms with van der Waals surface area (Å²) >= 11 is 0. The Labute approximate surface area is 126 Å². The Balaban J connectivity index is 2.02. The summed E-state index contributed by atoms with van der Waals surface area (Å²) in [5.41, 5.74) is 0.225. The SMILES string of the molecule is C=CC(=O)N(C)CC(=O)N1CC2(CCOCC2)C1C(C)C. The minimum absolute atomic E-state index is 0.0310. The highest BCUT2D eigenvalue weighted by Crippen LogP contribution is 2.48. The van der Waals surface area contributed by atoms with E-state index in [1.165, 1.54) is 11.0 Å². The molecule has 2 heterocycles. The average Bonchev–Trinajstić information content (AvgIpc) is 2.44. The van der Waals surface area contributed by atoms with E-state index in [1.807, 2.05) is 4.90 Å². The van der Waals surface area contributed by atoms with Gasteiger partial charge < -0.3 is 14.5 Å². The van der Waals surface area contributed by atoms with Gasteiger partial charge in [0.05, 0.1) is 6.54 Å². The summed E-state index contributed by atoms with van der Waals surface area (Å²) in [5, 5.41) is 0. The standard InChI is InChI=1S/C16H26N2O3/c1-5-13(19)17(4)10-14(20)18-11-16(15(18)12(2)3)6-8-21-9-7-16/h5,12,15H,1,6-11H2,2-4H3. The Morgan fingerprint density at radius 2 is 2.05 bits per heavy atom. The van der Waals surface area contributed by atoms with Crippen molar-refractivity contribution in [2.45, 2.75) is 32.7 Å². The second kappa shape index (κ2) is 6.18. The number of likely N-dealkylation sites (N-methyl/N-ethyl adjacent to an activating group) is 1. The van der Waals surface area contributed by atoms with Crippen LogP contribution in [0.1, 0.15) is 26.7 Å². The molecule has 1 unspecified atom stereocenters. The molecule has 0 N–H and O–H groups in total. The Hall–Kier alpha value is -1.36. The maximum absolute atomic E-state index is 12.5. The molecule has 2 aliphatic rings. The van der Waals surface area contributed by atoms with Crippen molar-refractivity contribution < 1.29 is 14.3 Å². The van der Waals surface area contributed by atoms with Crippen molar-refractivity contribution >= 4 is 11.8 Å². The number of hydrogen-bond acceptors (Lipinski definition) is 3. The zero-order valence-electron chi connectivity index (χ0n) is 13.3. The molecule has 2 saturated heterocycles. The zero-order valence-corrected chi connectivity index (χ0v) is 13.3. The van der Waals surface area contributed by atoms with E-state index in [2.05, 4.69) is 20.4 Å². The van der Waals surface area contributed by atoms with Gasteiger partial charge in [-0.2, -0.15) is 0 Å². The predicted octanol–water partition coefficient (Wildman–Crippen LogP) is 1.29. The average molecular weight is 294 g/mol. The van der Waals surface area contributed by atoms with Crippen molar-refractivity contribution in [2.24, 2.45) is 11.3 Å². The van der Waals surface area contributed by atoms with Crippen LogP contribution in [-0.4, -0.2) is 61.0 Å². The molecular formula is C16H26N2O3. The molecule has 1 atom stereocenters. The van der Waals surface area contributed by atoms with Crippen LogP contribution in [-0.2, 0) is 14.3 Å². The highest BCUT2D eigenvalue weighted by Gasteiger charge is 2.55. The molecule has 0 bridgehead atoms. The fourth-order valence-electron chi connectivity index (χ4n) is 3.82. The highest BCUT2D eigenvalue weighted by atomic mass is 16.5. The second-order valence-electron chi connectivity index (χ2n) is 6.58. The summed E-state index contributed by atoms with van der Waals surface area (Å²) in [4.78, 5) is 27.3. The number of carbonyl (C=O) groups excluding carboxylic acids is 2. The van der Waals surface area contributed by atoms with Crippen molar-refractivity contribution in [1.82, 2.24) is 9.80 Å². The van der Waals surface area contributed by atoms with Gasteiger partial charge in [0.1, 0.15) is 0 Å².